The van der Waals surface area contributed by atoms with E-state index in [0.717, 1.165) is 12.8 Å². The normalized spacial score (nSPS) is 17.3. The summed E-state index contributed by atoms with van der Waals surface area (Å²) in [5.74, 6) is 0. The van der Waals surface area contributed by atoms with Gasteiger partial charge in [0.2, 0.25) is 0 Å². The van der Waals surface area contributed by atoms with Crippen molar-refractivity contribution in [2.24, 2.45) is 0 Å². The average Bonchev–Trinajstić information content (AvgIpc) is 2.84. The Bertz CT molecular complexity index is 582. The van der Waals surface area contributed by atoms with Gasteiger partial charge in [-0.2, -0.15) is 0 Å². The number of hydrogen-bond donors (Lipinski definition) is 1. The average molecular weight is 283 g/mol. The monoisotopic (exact) mass is 282 g/mol. The van der Waals surface area contributed by atoms with Gasteiger partial charge in [-0.1, -0.05) is 12.8 Å². The van der Waals surface area contributed by atoms with Crippen molar-refractivity contribution in [2.45, 2.75) is 31.7 Å². The van der Waals surface area contributed by atoms with Gasteiger partial charge in [0.15, 0.2) is 15.9 Å². The molecule has 3 rings (SSSR count). The van der Waals surface area contributed by atoms with Gasteiger partial charge in [-0.3, -0.25) is 4.79 Å². The maximum Gasteiger partial charge on any atom is 0.277 e. The lowest BCUT2D eigenvalue weighted by molar-refractivity contribution is 0.521. The first-order chi connectivity index (χ1) is 7.77. The summed E-state index contributed by atoms with van der Waals surface area (Å²) in [5, 5.41) is 0. The van der Waals surface area contributed by atoms with Gasteiger partial charge in [-0.25, -0.2) is 9.97 Å². The zero-order valence-corrected chi connectivity index (χ0v) is 10.2. The van der Waals surface area contributed by atoms with Crippen molar-refractivity contribution in [3.8, 4) is 0 Å². The predicted octanol–water partition coefficient (Wildman–Crippen LogP) is 2.00. The summed E-state index contributed by atoms with van der Waals surface area (Å²) in [5.41, 5.74) is 0.985. The first kappa shape index (κ1) is 10.0. The number of H-pyrrole nitrogens is 1. The maximum atomic E-state index is 11.8. The third kappa shape index (κ3) is 1.40. The highest BCUT2D eigenvalue weighted by molar-refractivity contribution is 9.10. The second kappa shape index (κ2) is 3.69. The van der Waals surface area contributed by atoms with Gasteiger partial charge < -0.3 is 9.55 Å². The zero-order chi connectivity index (χ0) is 11.1. The molecule has 84 valence electrons. The van der Waals surface area contributed by atoms with Crippen molar-refractivity contribution in [2.75, 3.05) is 0 Å². The van der Waals surface area contributed by atoms with Gasteiger partial charge in [0.1, 0.15) is 0 Å². The molecule has 0 aromatic carbocycles. The molecule has 2 aromatic rings. The Morgan fingerprint density at radius 2 is 2.19 bits per heavy atom. The minimum atomic E-state index is -0.116. The second-order valence-corrected chi connectivity index (χ2v) is 4.80. The van der Waals surface area contributed by atoms with Crippen molar-refractivity contribution in [1.29, 1.82) is 0 Å². The molecular weight excluding hydrogens is 272 g/mol. The van der Waals surface area contributed by atoms with E-state index in [9.17, 15) is 4.79 Å². The Labute approximate surface area is 100 Å². The molecular formula is C10H11BrN4O. The molecule has 1 aliphatic carbocycles. The number of hydrogen-bond acceptors (Lipinski definition) is 3. The SMILES string of the molecule is O=c1[nH]cnc2nc(Br)n(C3CCCC3)c12. The number of aromatic amines is 1. The molecule has 1 fully saturated rings. The molecule has 0 radical (unpaired) electrons. The van der Waals surface area contributed by atoms with Crippen LogP contribution in [-0.2, 0) is 0 Å². The van der Waals surface area contributed by atoms with Crippen molar-refractivity contribution >= 4 is 27.1 Å². The predicted molar refractivity (Wildman–Crippen MR) is 63.4 cm³/mol. The first-order valence-corrected chi connectivity index (χ1v) is 6.18. The van der Waals surface area contributed by atoms with Gasteiger partial charge in [0.25, 0.3) is 5.56 Å². The minimum absolute atomic E-state index is 0.116. The Balaban J connectivity index is 2.29. The van der Waals surface area contributed by atoms with E-state index in [2.05, 4.69) is 30.9 Å². The molecule has 0 atom stereocenters. The van der Waals surface area contributed by atoms with E-state index in [0.29, 0.717) is 21.9 Å². The highest BCUT2D eigenvalue weighted by Crippen LogP contribution is 2.33. The van der Waals surface area contributed by atoms with Crippen LogP contribution in [0.1, 0.15) is 31.7 Å². The summed E-state index contributed by atoms with van der Waals surface area (Å²) in [6, 6.07) is 0.379. The molecule has 0 saturated heterocycles. The summed E-state index contributed by atoms with van der Waals surface area (Å²) in [6.07, 6.45) is 6.05. The van der Waals surface area contributed by atoms with Crippen LogP contribution in [0.3, 0.4) is 0 Å². The summed E-state index contributed by atoms with van der Waals surface area (Å²) < 4.78 is 2.69. The number of nitrogens with one attached hydrogen (secondary N) is 1. The van der Waals surface area contributed by atoms with Crippen molar-refractivity contribution < 1.29 is 0 Å². The van der Waals surface area contributed by atoms with Crippen LogP contribution in [0.2, 0.25) is 0 Å². The molecule has 1 N–H and O–H groups in total. The molecule has 0 aliphatic heterocycles. The molecule has 1 saturated carbocycles. The lowest BCUT2D eigenvalue weighted by Crippen LogP contribution is -2.14. The number of halogens is 1. The van der Waals surface area contributed by atoms with E-state index in [1.54, 1.807) is 0 Å². The summed E-state index contributed by atoms with van der Waals surface area (Å²) in [4.78, 5) is 22.7. The largest absolute Gasteiger partial charge is 0.311 e. The van der Waals surface area contributed by atoms with Crippen LogP contribution in [0, 0.1) is 0 Å². The topological polar surface area (TPSA) is 63.6 Å². The standard InChI is InChI=1S/C10H11BrN4O/c11-10-14-8-7(9(16)13-5-12-8)15(10)6-3-1-2-4-6/h5-6H,1-4H2,(H,12,13,16). The van der Waals surface area contributed by atoms with Crippen molar-refractivity contribution in [3.05, 3.63) is 21.4 Å². The van der Waals surface area contributed by atoms with E-state index in [4.69, 9.17) is 0 Å². The van der Waals surface area contributed by atoms with Crippen LogP contribution in [0.25, 0.3) is 11.2 Å². The molecule has 16 heavy (non-hydrogen) atoms. The molecule has 2 heterocycles. The number of imidazole rings is 1. The second-order valence-electron chi connectivity index (χ2n) is 4.09. The Hall–Kier alpha value is -1.17. The van der Waals surface area contributed by atoms with E-state index in [-0.39, 0.29) is 5.56 Å². The molecule has 1 aliphatic rings. The molecule has 6 heteroatoms. The van der Waals surface area contributed by atoms with E-state index >= 15 is 0 Å². The van der Waals surface area contributed by atoms with Crippen LogP contribution in [0.5, 0.6) is 0 Å². The first-order valence-electron chi connectivity index (χ1n) is 5.38. The summed E-state index contributed by atoms with van der Waals surface area (Å²) in [7, 11) is 0. The molecule has 2 aromatic heterocycles. The minimum Gasteiger partial charge on any atom is -0.311 e. The molecule has 0 amide bonds. The van der Waals surface area contributed by atoms with Crippen LogP contribution in [0.4, 0.5) is 0 Å². The highest BCUT2D eigenvalue weighted by Gasteiger charge is 2.23. The third-order valence-electron chi connectivity index (χ3n) is 3.14. The summed E-state index contributed by atoms with van der Waals surface area (Å²) in [6.45, 7) is 0. The van der Waals surface area contributed by atoms with Gasteiger partial charge >= 0.3 is 0 Å². The van der Waals surface area contributed by atoms with E-state index in [1.807, 2.05) is 4.57 Å². The Morgan fingerprint density at radius 3 is 2.94 bits per heavy atom. The lowest BCUT2D eigenvalue weighted by Gasteiger charge is -2.12. The fourth-order valence-electron chi connectivity index (χ4n) is 2.41. The third-order valence-corrected chi connectivity index (χ3v) is 3.70. The summed E-state index contributed by atoms with van der Waals surface area (Å²) >= 11 is 3.41. The van der Waals surface area contributed by atoms with E-state index in [1.165, 1.54) is 19.2 Å². The van der Waals surface area contributed by atoms with E-state index < -0.39 is 0 Å². The van der Waals surface area contributed by atoms with Gasteiger partial charge in [0, 0.05) is 6.04 Å². The van der Waals surface area contributed by atoms with Crippen LogP contribution < -0.4 is 5.56 Å². The van der Waals surface area contributed by atoms with Gasteiger partial charge in [0.05, 0.1) is 6.33 Å². The van der Waals surface area contributed by atoms with Crippen LogP contribution in [0.15, 0.2) is 15.9 Å². The van der Waals surface area contributed by atoms with Crippen molar-refractivity contribution in [1.82, 2.24) is 19.5 Å². The molecule has 5 nitrogen and oxygen atoms in total. The molecule has 0 unspecified atom stereocenters. The number of rotatable bonds is 1. The van der Waals surface area contributed by atoms with Gasteiger partial charge in [-0.05, 0) is 28.8 Å². The fraction of sp³-hybridized carbons (Fsp3) is 0.500. The Morgan fingerprint density at radius 1 is 1.44 bits per heavy atom. The lowest BCUT2D eigenvalue weighted by atomic mass is 10.2. The quantitative estimate of drug-likeness (QED) is 0.814. The maximum absolute atomic E-state index is 11.8. The fourth-order valence-corrected chi connectivity index (χ4v) is 3.05. The smallest absolute Gasteiger partial charge is 0.277 e. The number of fused-ring (bicyclic) bond motifs is 1. The van der Waals surface area contributed by atoms with Gasteiger partial charge in [-0.15, -0.1) is 0 Å². The molecule has 0 bridgehead atoms. The number of nitrogens with zero attached hydrogens (tertiary/aromatic N) is 3. The molecule has 0 spiro atoms. The zero-order valence-electron chi connectivity index (χ0n) is 8.61. The highest BCUT2D eigenvalue weighted by atomic mass is 79.9. The Kier molecular flexibility index (Phi) is 2.31. The van der Waals surface area contributed by atoms with Crippen LogP contribution >= 0.6 is 15.9 Å². The van der Waals surface area contributed by atoms with Crippen LogP contribution in [-0.4, -0.2) is 19.5 Å². The number of aromatic nitrogens is 4. The van der Waals surface area contributed by atoms with Crippen molar-refractivity contribution in [3.63, 3.8) is 0 Å².